The number of amides is 1. The molecule has 2 atom stereocenters. The van der Waals surface area contributed by atoms with Crippen molar-refractivity contribution < 1.29 is 9.53 Å². The molecule has 2 unspecified atom stereocenters. The smallest absolute Gasteiger partial charge is 0.407 e. The zero-order chi connectivity index (χ0) is 17.6. The molecule has 0 saturated heterocycles. The van der Waals surface area contributed by atoms with E-state index >= 15 is 0 Å². The van der Waals surface area contributed by atoms with Crippen LogP contribution < -0.4 is 10.6 Å². The van der Waals surface area contributed by atoms with Gasteiger partial charge in [-0.15, -0.1) is 0 Å². The summed E-state index contributed by atoms with van der Waals surface area (Å²) in [4.78, 5) is 11.8. The zero-order valence-electron chi connectivity index (χ0n) is 14.9. The van der Waals surface area contributed by atoms with Gasteiger partial charge in [-0.3, -0.25) is 0 Å². The summed E-state index contributed by atoms with van der Waals surface area (Å²) in [6.45, 7) is 12.4. The molecule has 1 amide bonds. The molecular formula is C18H29ClN2O2. The first-order valence-corrected chi connectivity index (χ1v) is 8.44. The van der Waals surface area contributed by atoms with Crippen LogP contribution >= 0.6 is 11.6 Å². The lowest BCUT2D eigenvalue weighted by Crippen LogP contribution is -2.46. The van der Waals surface area contributed by atoms with Crippen molar-refractivity contribution in [1.82, 2.24) is 10.6 Å². The number of alkyl carbamates (subject to hydrolysis) is 1. The average molecular weight is 341 g/mol. The van der Waals surface area contributed by atoms with Crippen LogP contribution in [0.25, 0.3) is 0 Å². The van der Waals surface area contributed by atoms with E-state index in [4.69, 9.17) is 16.3 Å². The summed E-state index contributed by atoms with van der Waals surface area (Å²) < 4.78 is 5.28. The highest BCUT2D eigenvalue weighted by Crippen LogP contribution is 2.19. The van der Waals surface area contributed by atoms with Gasteiger partial charge in [0.15, 0.2) is 0 Å². The normalized spacial score (nSPS) is 14.4. The maximum absolute atomic E-state index is 11.8. The van der Waals surface area contributed by atoms with Gasteiger partial charge in [-0.05, 0) is 51.3 Å². The predicted molar refractivity (Wildman–Crippen MR) is 95.9 cm³/mol. The quantitative estimate of drug-likeness (QED) is 0.799. The standard InChI is InChI=1S/C18H29ClN2O2/c1-12(2)16(11-20-17(22)23-18(4,5)6)21-13(3)14-8-7-9-15(19)10-14/h7-10,12-13,16,21H,11H2,1-6H3,(H,20,22). The van der Waals surface area contributed by atoms with Crippen molar-refractivity contribution in [2.24, 2.45) is 5.92 Å². The highest BCUT2D eigenvalue weighted by molar-refractivity contribution is 6.30. The summed E-state index contributed by atoms with van der Waals surface area (Å²) >= 11 is 6.05. The second-order valence-electron chi connectivity index (χ2n) is 7.18. The predicted octanol–water partition coefficient (Wildman–Crippen LogP) is 4.54. The molecule has 5 heteroatoms. The summed E-state index contributed by atoms with van der Waals surface area (Å²) in [5.41, 5.74) is 0.638. The van der Waals surface area contributed by atoms with E-state index in [9.17, 15) is 4.79 Å². The molecule has 0 bridgehead atoms. The van der Waals surface area contributed by atoms with E-state index in [-0.39, 0.29) is 18.2 Å². The third-order valence-corrected chi connectivity index (χ3v) is 3.72. The number of benzene rings is 1. The number of hydrogen-bond donors (Lipinski definition) is 2. The molecule has 0 spiro atoms. The molecular weight excluding hydrogens is 312 g/mol. The molecule has 4 nitrogen and oxygen atoms in total. The fraction of sp³-hybridized carbons (Fsp3) is 0.611. The molecule has 0 aliphatic rings. The Kier molecular flexibility index (Phi) is 7.36. The van der Waals surface area contributed by atoms with Gasteiger partial charge in [-0.25, -0.2) is 4.79 Å². The maximum atomic E-state index is 11.8. The van der Waals surface area contributed by atoms with Crippen molar-refractivity contribution in [1.29, 1.82) is 0 Å². The molecule has 23 heavy (non-hydrogen) atoms. The Bertz CT molecular complexity index is 512. The van der Waals surface area contributed by atoms with E-state index in [1.807, 2.05) is 45.0 Å². The Morgan fingerprint density at radius 3 is 2.43 bits per heavy atom. The summed E-state index contributed by atoms with van der Waals surface area (Å²) in [5, 5.41) is 7.11. The number of carbonyl (C=O) groups excluding carboxylic acids is 1. The minimum atomic E-state index is -0.487. The Morgan fingerprint density at radius 1 is 1.26 bits per heavy atom. The van der Waals surface area contributed by atoms with Crippen molar-refractivity contribution in [3.63, 3.8) is 0 Å². The van der Waals surface area contributed by atoms with Crippen LogP contribution in [0.4, 0.5) is 4.79 Å². The molecule has 1 rings (SSSR count). The molecule has 2 N–H and O–H groups in total. The Balaban J connectivity index is 2.60. The average Bonchev–Trinajstić information content (AvgIpc) is 2.40. The monoisotopic (exact) mass is 340 g/mol. The minimum absolute atomic E-state index is 0.136. The second kappa shape index (κ2) is 8.55. The zero-order valence-corrected chi connectivity index (χ0v) is 15.7. The molecule has 0 fully saturated rings. The van der Waals surface area contributed by atoms with Crippen molar-refractivity contribution in [3.05, 3.63) is 34.9 Å². The topological polar surface area (TPSA) is 50.4 Å². The van der Waals surface area contributed by atoms with Gasteiger partial charge in [0.25, 0.3) is 0 Å². The van der Waals surface area contributed by atoms with E-state index < -0.39 is 5.60 Å². The molecule has 0 heterocycles. The molecule has 130 valence electrons. The Hall–Kier alpha value is -1.26. The van der Waals surface area contributed by atoms with Gasteiger partial charge in [0, 0.05) is 23.7 Å². The number of nitrogens with one attached hydrogen (secondary N) is 2. The number of ether oxygens (including phenoxy) is 1. The van der Waals surface area contributed by atoms with Gasteiger partial charge >= 0.3 is 6.09 Å². The van der Waals surface area contributed by atoms with Gasteiger partial charge in [-0.1, -0.05) is 37.6 Å². The summed E-state index contributed by atoms with van der Waals surface area (Å²) in [5.74, 6) is 0.367. The fourth-order valence-corrected chi connectivity index (χ4v) is 2.39. The van der Waals surface area contributed by atoms with Crippen molar-refractivity contribution in [2.75, 3.05) is 6.54 Å². The van der Waals surface area contributed by atoms with Gasteiger partial charge in [-0.2, -0.15) is 0 Å². The third kappa shape index (κ3) is 7.71. The van der Waals surface area contributed by atoms with Gasteiger partial charge < -0.3 is 15.4 Å². The number of rotatable bonds is 6. The molecule has 0 saturated carbocycles. The molecule has 0 radical (unpaired) electrons. The van der Waals surface area contributed by atoms with Crippen LogP contribution in [-0.2, 0) is 4.74 Å². The number of halogens is 1. The summed E-state index contributed by atoms with van der Waals surface area (Å²) in [6, 6.07) is 8.08. The summed E-state index contributed by atoms with van der Waals surface area (Å²) in [7, 11) is 0. The maximum Gasteiger partial charge on any atom is 0.407 e. The highest BCUT2D eigenvalue weighted by atomic mass is 35.5. The van der Waals surface area contributed by atoms with E-state index in [0.717, 1.165) is 10.6 Å². The minimum Gasteiger partial charge on any atom is -0.444 e. The second-order valence-corrected chi connectivity index (χ2v) is 7.61. The van der Waals surface area contributed by atoms with Crippen LogP contribution in [0.15, 0.2) is 24.3 Å². The first kappa shape index (κ1) is 19.8. The lowest BCUT2D eigenvalue weighted by Gasteiger charge is -2.28. The van der Waals surface area contributed by atoms with Crippen molar-refractivity contribution in [2.45, 2.75) is 59.2 Å². The third-order valence-electron chi connectivity index (χ3n) is 3.48. The first-order chi connectivity index (χ1) is 10.6. The largest absolute Gasteiger partial charge is 0.444 e. The van der Waals surface area contributed by atoms with E-state index in [1.165, 1.54) is 0 Å². The Labute approximate surface area is 144 Å². The molecule has 0 aromatic heterocycles. The van der Waals surface area contributed by atoms with Crippen LogP contribution in [0.3, 0.4) is 0 Å². The highest BCUT2D eigenvalue weighted by Gasteiger charge is 2.20. The van der Waals surface area contributed by atoms with Gasteiger partial charge in [0.2, 0.25) is 0 Å². The molecule has 0 aliphatic carbocycles. The summed E-state index contributed by atoms with van der Waals surface area (Å²) in [6.07, 6.45) is -0.389. The van der Waals surface area contributed by atoms with Crippen LogP contribution in [0.1, 0.15) is 53.1 Å². The fourth-order valence-electron chi connectivity index (χ4n) is 2.19. The van der Waals surface area contributed by atoms with Crippen molar-refractivity contribution in [3.8, 4) is 0 Å². The molecule has 0 aliphatic heterocycles. The van der Waals surface area contributed by atoms with Crippen molar-refractivity contribution >= 4 is 17.7 Å². The molecule has 1 aromatic rings. The SMILES string of the molecule is CC(NC(CNC(=O)OC(C)(C)C)C(C)C)c1cccc(Cl)c1. The van der Waals surface area contributed by atoms with Crippen LogP contribution in [0.2, 0.25) is 5.02 Å². The van der Waals surface area contributed by atoms with Crippen LogP contribution in [-0.4, -0.2) is 24.3 Å². The van der Waals surface area contributed by atoms with Gasteiger partial charge in [0.1, 0.15) is 5.60 Å². The van der Waals surface area contributed by atoms with E-state index in [0.29, 0.717) is 12.5 Å². The van der Waals surface area contributed by atoms with Crippen LogP contribution in [0.5, 0.6) is 0 Å². The number of carbonyl (C=O) groups is 1. The van der Waals surface area contributed by atoms with Gasteiger partial charge in [0.05, 0.1) is 0 Å². The lowest BCUT2D eigenvalue weighted by atomic mass is 10.0. The van der Waals surface area contributed by atoms with E-state index in [1.54, 1.807) is 0 Å². The number of hydrogen-bond acceptors (Lipinski definition) is 3. The lowest BCUT2D eigenvalue weighted by molar-refractivity contribution is 0.0518. The Morgan fingerprint density at radius 2 is 1.91 bits per heavy atom. The first-order valence-electron chi connectivity index (χ1n) is 8.07. The van der Waals surface area contributed by atoms with E-state index in [2.05, 4.69) is 31.4 Å². The molecule has 1 aromatic carbocycles. The van der Waals surface area contributed by atoms with Crippen LogP contribution in [0, 0.1) is 5.92 Å².